The van der Waals surface area contributed by atoms with E-state index in [1.165, 1.54) is 29.8 Å². The van der Waals surface area contributed by atoms with Gasteiger partial charge in [-0.3, -0.25) is 0 Å². The Bertz CT molecular complexity index is 1160. The third kappa shape index (κ3) is 4.16. The molecule has 0 spiro atoms. The number of nitrogens with one attached hydrogen (secondary N) is 1. The minimum absolute atomic E-state index is 0.266. The Morgan fingerprint density at radius 2 is 1.82 bits per heavy atom. The summed E-state index contributed by atoms with van der Waals surface area (Å²) in [5.41, 5.74) is 7.71. The van der Waals surface area contributed by atoms with Crippen LogP contribution < -0.4 is 10.2 Å². The summed E-state index contributed by atoms with van der Waals surface area (Å²) >= 11 is 0. The lowest BCUT2D eigenvalue weighted by Gasteiger charge is -2.33. The summed E-state index contributed by atoms with van der Waals surface area (Å²) in [7, 11) is 0. The van der Waals surface area contributed by atoms with Gasteiger partial charge in [-0.2, -0.15) is 0 Å². The topological polar surface area (TPSA) is 45.7 Å². The van der Waals surface area contributed by atoms with Crippen molar-refractivity contribution in [3.8, 4) is 11.1 Å². The van der Waals surface area contributed by atoms with Crippen molar-refractivity contribution in [2.45, 2.75) is 52.0 Å². The number of rotatable bonds is 6. The number of benzene rings is 2. The third-order valence-electron chi connectivity index (χ3n) is 7.38. The van der Waals surface area contributed by atoms with E-state index in [9.17, 15) is 0 Å². The predicted octanol–water partition coefficient (Wildman–Crippen LogP) is 6.31. The molecule has 2 aromatic carbocycles. The molecule has 2 heterocycles. The highest BCUT2D eigenvalue weighted by Gasteiger charge is 2.52. The number of hydrogen-bond acceptors (Lipinski definition) is 4. The quantitative estimate of drug-likeness (QED) is 0.456. The van der Waals surface area contributed by atoms with Crippen LogP contribution >= 0.6 is 0 Å². The molecule has 2 aliphatic rings. The highest BCUT2D eigenvalue weighted by Crippen LogP contribution is 2.50. The Hall–Kier alpha value is -3.10. The Morgan fingerprint density at radius 3 is 2.42 bits per heavy atom. The first-order valence-electron chi connectivity index (χ1n) is 12.0. The van der Waals surface area contributed by atoms with Crippen LogP contribution in [0.15, 0.2) is 47.0 Å². The van der Waals surface area contributed by atoms with Crippen molar-refractivity contribution in [1.82, 2.24) is 10.5 Å². The molecule has 5 heteroatoms. The van der Waals surface area contributed by atoms with E-state index in [4.69, 9.17) is 11.1 Å². The van der Waals surface area contributed by atoms with Gasteiger partial charge in [0.2, 0.25) is 0 Å². The summed E-state index contributed by atoms with van der Waals surface area (Å²) in [5.74, 6) is 1.50. The molecule has 1 saturated carbocycles. The molecule has 5 nitrogen and oxygen atoms in total. The molecule has 33 heavy (non-hydrogen) atoms. The van der Waals surface area contributed by atoms with E-state index >= 15 is 0 Å². The van der Waals surface area contributed by atoms with Crippen molar-refractivity contribution in [3.63, 3.8) is 0 Å². The van der Waals surface area contributed by atoms with Crippen molar-refractivity contribution < 1.29 is 4.52 Å². The van der Waals surface area contributed by atoms with Crippen LogP contribution in [0.1, 0.15) is 48.3 Å². The Kier molecular flexibility index (Phi) is 5.72. The van der Waals surface area contributed by atoms with Gasteiger partial charge in [-0.05, 0) is 94.1 Å². The summed E-state index contributed by atoms with van der Waals surface area (Å²) in [6.07, 6.45) is 4.34. The van der Waals surface area contributed by atoms with Crippen LogP contribution in [0, 0.1) is 33.3 Å². The van der Waals surface area contributed by atoms with E-state index in [2.05, 4.69) is 69.6 Å². The number of aromatic nitrogens is 1. The molecule has 3 aromatic rings. The molecule has 0 bridgehead atoms. The van der Waals surface area contributed by atoms with Crippen LogP contribution in [0.3, 0.4) is 0 Å². The van der Waals surface area contributed by atoms with Crippen molar-refractivity contribution in [1.29, 1.82) is 0 Å². The number of anilines is 2. The zero-order valence-electron chi connectivity index (χ0n) is 19.8. The van der Waals surface area contributed by atoms with Gasteiger partial charge < -0.3 is 19.6 Å². The van der Waals surface area contributed by atoms with Gasteiger partial charge in [0, 0.05) is 41.9 Å². The third-order valence-corrected chi connectivity index (χ3v) is 7.38. The molecule has 1 aliphatic carbocycles. The molecular weight excluding hydrogens is 408 g/mol. The lowest BCUT2D eigenvalue weighted by atomic mass is 9.95. The van der Waals surface area contributed by atoms with E-state index < -0.39 is 0 Å². The molecule has 0 amide bonds. The number of nitrogens with zero attached hydrogens (tertiary/aromatic N) is 3. The van der Waals surface area contributed by atoms with Gasteiger partial charge in [-0.25, -0.2) is 6.57 Å². The zero-order valence-corrected chi connectivity index (χ0v) is 19.8. The maximum absolute atomic E-state index is 7.60. The highest BCUT2D eigenvalue weighted by molar-refractivity contribution is 5.76. The molecule has 1 saturated heterocycles. The second-order valence-corrected chi connectivity index (χ2v) is 9.69. The SMILES string of the molecule is [C-]#[N+]C1(c2ccc(N(CC3CCNCC3)c3cc(-c4c(C)noc4C)ccc3C)cc2)CC1. The molecule has 5 rings (SSSR count). The van der Waals surface area contributed by atoms with Crippen molar-refractivity contribution in [2.75, 3.05) is 24.5 Å². The largest absolute Gasteiger partial charge is 0.361 e. The fraction of sp³-hybridized carbons (Fsp3) is 0.429. The van der Waals surface area contributed by atoms with Gasteiger partial charge in [0.05, 0.1) is 5.69 Å². The molecule has 1 aliphatic heterocycles. The lowest BCUT2D eigenvalue weighted by molar-refractivity contribution is 0.380. The first kappa shape index (κ1) is 21.7. The van der Waals surface area contributed by atoms with E-state index in [0.29, 0.717) is 5.92 Å². The second-order valence-electron chi connectivity index (χ2n) is 9.69. The van der Waals surface area contributed by atoms with Gasteiger partial charge >= 0.3 is 0 Å². The van der Waals surface area contributed by atoms with Crippen LogP contribution in [0.25, 0.3) is 16.0 Å². The lowest BCUT2D eigenvalue weighted by Crippen LogP contribution is -2.34. The minimum Gasteiger partial charge on any atom is -0.361 e. The van der Waals surface area contributed by atoms with E-state index in [1.807, 2.05) is 13.8 Å². The van der Waals surface area contributed by atoms with Gasteiger partial charge in [-0.15, -0.1) is 0 Å². The van der Waals surface area contributed by atoms with Crippen LogP contribution in [0.2, 0.25) is 0 Å². The van der Waals surface area contributed by atoms with Crippen LogP contribution in [-0.4, -0.2) is 24.8 Å². The first-order valence-corrected chi connectivity index (χ1v) is 12.0. The van der Waals surface area contributed by atoms with Crippen molar-refractivity contribution >= 4 is 11.4 Å². The Labute approximate surface area is 196 Å². The Morgan fingerprint density at radius 1 is 1.09 bits per heavy atom. The number of aryl methyl sites for hydroxylation is 3. The maximum atomic E-state index is 7.60. The average Bonchev–Trinajstić information content (AvgIpc) is 3.58. The van der Waals surface area contributed by atoms with E-state index in [-0.39, 0.29) is 5.54 Å². The first-order chi connectivity index (χ1) is 16.0. The summed E-state index contributed by atoms with van der Waals surface area (Å²) in [5, 5.41) is 7.66. The van der Waals surface area contributed by atoms with E-state index in [1.54, 1.807) is 0 Å². The monoisotopic (exact) mass is 440 g/mol. The smallest absolute Gasteiger partial charge is 0.258 e. The van der Waals surface area contributed by atoms with Gasteiger partial charge in [-0.1, -0.05) is 17.3 Å². The van der Waals surface area contributed by atoms with Crippen molar-refractivity contribution in [2.24, 2.45) is 5.92 Å². The Balaban J connectivity index is 1.54. The standard InChI is InChI=1S/C28H32N4O/c1-19-5-6-23(27-20(2)31-33-21(27)3)17-26(19)32(18-22-11-15-30-16-12-22)25-9-7-24(8-10-25)28(29-4)13-14-28/h5-10,17,22,30H,11-16,18H2,1-3H3. The highest BCUT2D eigenvalue weighted by atomic mass is 16.5. The normalized spacial score (nSPS) is 17.5. The number of piperidine rings is 1. The van der Waals surface area contributed by atoms with Crippen molar-refractivity contribution in [3.05, 3.63) is 76.5 Å². The molecular formula is C28H32N4O. The van der Waals surface area contributed by atoms with Gasteiger partial charge in [0.15, 0.2) is 0 Å². The molecule has 2 fully saturated rings. The summed E-state index contributed by atoms with van der Waals surface area (Å²) in [4.78, 5) is 6.39. The molecule has 0 atom stereocenters. The molecule has 1 aromatic heterocycles. The average molecular weight is 441 g/mol. The summed E-state index contributed by atoms with van der Waals surface area (Å²) in [6, 6.07) is 15.4. The molecule has 170 valence electrons. The predicted molar refractivity (Wildman–Crippen MR) is 133 cm³/mol. The molecule has 0 unspecified atom stereocenters. The van der Waals surface area contributed by atoms with Crippen LogP contribution in [0.4, 0.5) is 11.4 Å². The van der Waals surface area contributed by atoms with Gasteiger partial charge in [0.25, 0.3) is 5.54 Å². The number of hydrogen-bond donors (Lipinski definition) is 1. The molecule has 1 N–H and O–H groups in total. The fourth-order valence-corrected chi connectivity index (χ4v) is 5.15. The molecule has 0 radical (unpaired) electrons. The van der Waals surface area contributed by atoms with Crippen LogP contribution in [-0.2, 0) is 5.54 Å². The fourth-order valence-electron chi connectivity index (χ4n) is 5.15. The second kappa shape index (κ2) is 8.68. The summed E-state index contributed by atoms with van der Waals surface area (Å²) < 4.78 is 5.45. The van der Waals surface area contributed by atoms with Crippen LogP contribution in [0.5, 0.6) is 0 Å². The van der Waals surface area contributed by atoms with E-state index in [0.717, 1.165) is 60.6 Å². The zero-order chi connectivity index (χ0) is 23.0. The minimum atomic E-state index is -0.266. The van der Waals surface area contributed by atoms with Gasteiger partial charge in [0.1, 0.15) is 5.76 Å². The summed E-state index contributed by atoms with van der Waals surface area (Å²) in [6.45, 7) is 16.9. The maximum Gasteiger partial charge on any atom is 0.258 e.